The number of pyridine rings is 2. The number of hydrogen-bond donors (Lipinski definition) is 5. The van der Waals surface area contributed by atoms with Crippen LogP contribution >= 0.6 is 0 Å². The van der Waals surface area contributed by atoms with E-state index in [0.717, 1.165) is 9.80 Å². The maximum Gasteiger partial charge on any atom is 0.336 e. The molecule has 0 bridgehead atoms. The Morgan fingerprint density at radius 3 is 1.62 bits per heavy atom. The van der Waals surface area contributed by atoms with Crippen LogP contribution in [0.25, 0.3) is 55.9 Å². The topological polar surface area (TPSA) is 328 Å². The molecular weight excluding hydrogens is 1230 g/mol. The van der Waals surface area contributed by atoms with Crippen LogP contribution in [0.4, 0.5) is 17.6 Å². The van der Waals surface area contributed by atoms with Gasteiger partial charge in [0.15, 0.2) is 5.43 Å². The van der Waals surface area contributed by atoms with E-state index in [1.165, 1.54) is 96.2 Å². The Bertz CT molecular complexity index is 4200. The number of hydrogen-bond acceptors (Lipinski definition) is 16. The minimum absolute atomic E-state index is 0.00542. The number of ether oxygens (including phenoxy) is 2. The van der Waals surface area contributed by atoms with Crippen LogP contribution in [-0.2, 0) is 14.4 Å². The molecular formula is C67H56F4N10O13. The van der Waals surface area contributed by atoms with Gasteiger partial charge < -0.3 is 54.8 Å². The van der Waals surface area contributed by atoms with E-state index >= 15 is 0 Å². The Morgan fingerprint density at radius 1 is 0.617 bits per heavy atom. The zero-order valence-corrected chi connectivity index (χ0v) is 49.7. The third-order valence-electron chi connectivity index (χ3n) is 15.5. The average Bonchev–Trinajstić information content (AvgIpc) is 1.28. The van der Waals surface area contributed by atoms with Crippen LogP contribution in [0, 0.1) is 22.7 Å². The summed E-state index contributed by atoms with van der Waals surface area (Å²) in [7, 11) is 0. The quantitative estimate of drug-likeness (QED) is 0.0234. The molecule has 6 amide bonds. The molecule has 1 aliphatic carbocycles. The van der Waals surface area contributed by atoms with Crippen molar-refractivity contribution < 1.29 is 75.2 Å². The van der Waals surface area contributed by atoms with Crippen LogP contribution in [0.3, 0.4) is 0 Å². The van der Waals surface area contributed by atoms with Gasteiger partial charge in [-0.2, -0.15) is 10.5 Å². The number of carbonyl (C=O) groups excluding carboxylic acids is 6. The molecule has 480 valence electrons. The largest absolute Gasteiger partial charge is 0.508 e. The maximum absolute atomic E-state index is 14.1. The number of carboxylic acid groups (broad SMARTS) is 1. The molecule has 2 aromatic heterocycles. The van der Waals surface area contributed by atoms with Crippen molar-refractivity contribution in [2.75, 3.05) is 59.0 Å². The van der Waals surface area contributed by atoms with Crippen molar-refractivity contribution in [1.29, 1.82) is 10.5 Å². The van der Waals surface area contributed by atoms with Gasteiger partial charge in [0.2, 0.25) is 17.7 Å². The number of rotatable bonds is 23. The number of nitrogens with zero attached hydrogens (tertiary/aromatic N) is 7. The molecule has 0 radical (unpaired) electrons. The Balaban J connectivity index is 0.776. The van der Waals surface area contributed by atoms with Gasteiger partial charge in [0.05, 0.1) is 75.0 Å². The molecule has 0 spiro atoms. The van der Waals surface area contributed by atoms with Crippen molar-refractivity contribution in [2.24, 2.45) is 0 Å². The van der Waals surface area contributed by atoms with E-state index in [4.69, 9.17) is 13.9 Å². The fraction of sp³-hybridized carbons (Fsp3) is 0.254. The highest BCUT2D eigenvalue weighted by atomic mass is 19.3. The summed E-state index contributed by atoms with van der Waals surface area (Å²) in [5.74, 6) is -11.1. The zero-order chi connectivity index (χ0) is 66.8. The number of halogens is 4. The number of aromatic nitrogens is 2. The Morgan fingerprint density at radius 2 is 1.12 bits per heavy atom. The molecule has 4 aromatic carbocycles. The summed E-state index contributed by atoms with van der Waals surface area (Å²) in [6.45, 7) is -3.01. The summed E-state index contributed by atoms with van der Waals surface area (Å²) in [4.78, 5) is 116. The number of nitrogens with one attached hydrogen (secondary N) is 3. The van der Waals surface area contributed by atoms with Crippen molar-refractivity contribution in [1.82, 2.24) is 40.6 Å². The molecule has 10 rings (SSSR count). The monoisotopic (exact) mass is 1280 g/mol. The van der Waals surface area contributed by atoms with Crippen molar-refractivity contribution in [3.63, 3.8) is 0 Å². The highest BCUT2D eigenvalue weighted by Crippen LogP contribution is 2.43. The first-order valence-corrected chi connectivity index (χ1v) is 29.3. The second-order valence-electron chi connectivity index (χ2n) is 22.1. The first-order valence-electron chi connectivity index (χ1n) is 29.3. The van der Waals surface area contributed by atoms with Crippen LogP contribution in [0.5, 0.6) is 17.2 Å². The Kier molecular flexibility index (Phi) is 19.6. The number of fused-ring (bicyclic) bond motifs is 2. The summed E-state index contributed by atoms with van der Waals surface area (Å²) in [5, 5.41) is 47.0. The standard InChI is InChI=1S/C67H56F4N10O13/c68-66(69)30-44(32-72)80(37-66)59(85)35-77-63(88)42-17-19-74-54(26-42)39-3-10-48(11-4-39)92-23-1-21-79(22-2-24-93-49-12-5-40(6-13-49)55-27-43(18-20-75-55)64(89)78-36-60(86)81-38-67(70,71)31-45(81)33-73)58(84)34-76-62(87)41-7-14-50(65(90)91)53(25-41)61-51-15-8-46(82)28-56(51)94-57-29-47(83)9-16-52(57)61/h3-20,25-29,44-45,82H,1-2,21-24,30-31,34-38H2,(H,76,87)(H,77,88)(H,78,89)(H,90,91)/t44-,45-/m0/s1. The Hall–Kier alpha value is -11.7. The first kappa shape index (κ1) is 65.2. The predicted octanol–water partition coefficient (Wildman–Crippen LogP) is 7.57. The normalized spacial score (nSPS) is 15.3. The lowest BCUT2D eigenvalue weighted by Crippen LogP contribution is -2.42. The minimum Gasteiger partial charge on any atom is -0.508 e. The summed E-state index contributed by atoms with van der Waals surface area (Å²) < 4.78 is 73.7. The lowest BCUT2D eigenvalue weighted by molar-refractivity contribution is -0.132. The fourth-order valence-electron chi connectivity index (χ4n) is 10.9. The SMILES string of the molecule is N#C[C@@H]1CC(F)(F)CN1C(=O)CNC(=O)c1ccnc(-c2ccc(OCCCN(CCCOc3ccc(-c4cc(C(=O)NCC(=O)N5CC(F)(F)C[C@H]5C#N)ccn4)cc3)C(=O)CNC(=O)c3ccc(C(=O)O)c(-c4c5ccc(=O)cc-5oc5cc(O)ccc45)c3)cc2)c1. The molecule has 27 heteroatoms. The minimum atomic E-state index is -3.21. The molecule has 94 heavy (non-hydrogen) atoms. The molecule has 0 unspecified atom stereocenters. The van der Waals surface area contributed by atoms with E-state index in [1.807, 2.05) is 0 Å². The third kappa shape index (κ3) is 15.5. The van der Waals surface area contributed by atoms with Gasteiger partial charge in [0, 0.05) is 94.8 Å². The average molecular weight is 1290 g/mol. The van der Waals surface area contributed by atoms with Crippen LogP contribution in [-0.4, -0.2) is 159 Å². The molecule has 3 aliphatic heterocycles. The number of nitriles is 2. The maximum atomic E-state index is 14.1. The fourth-order valence-corrected chi connectivity index (χ4v) is 10.9. The zero-order valence-electron chi connectivity index (χ0n) is 49.7. The lowest BCUT2D eigenvalue weighted by atomic mass is 9.89. The Labute approximate surface area is 532 Å². The lowest BCUT2D eigenvalue weighted by Gasteiger charge is -2.23. The van der Waals surface area contributed by atoms with Crippen molar-refractivity contribution in [3.8, 4) is 74.4 Å². The smallest absolute Gasteiger partial charge is 0.336 e. The highest BCUT2D eigenvalue weighted by molar-refractivity contribution is 6.09. The van der Waals surface area contributed by atoms with Gasteiger partial charge in [-0.1, -0.05) is 0 Å². The number of phenolic OH excluding ortho intramolecular Hbond substituents is 1. The van der Waals surface area contributed by atoms with Gasteiger partial charge in [0.1, 0.15) is 40.7 Å². The molecule has 2 fully saturated rings. The van der Waals surface area contributed by atoms with Crippen LogP contribution in [0.1, 0.15) is 67.1 Å². The molecule has 5 heterocycles. The van der Waals surface area contributed by atoms with E-state index in [-0.39, 0.29) is 71.2 Å². The highest BCUT2D eigenvalue weighted by Gasteiger charge is 2.48. The predicted molar refractivity (Wildman–Crippen MR) is 328 cm³/mol. The van der Waals surface area contributed by atoms with E-state index in [1.54, 1.807) is 60.7 Å². The summed E-state index contributed by atoms with van der Waals surface area (Å²) >= 11 is 0. The van der Waals surface area contributed by atoms with E-state index < -0.39 is 116 Å². The van der Waals surface area contributed by atoms with Crippen molar-refractivity contribution in [3.05, 3.63) is 172 Å². The summed E-state index contributed by atoms with van der Waals surface area (Å²) in [6.07, 6.45) is 1.80. The van der Waals surface area contributed by atoms with Gasteiger partial charge in [0.25, 0.3) is 29.6 Å². The second kappa shape index (κ2) is 28.2. The number of aromatic hydroxyl groups is 1. The van der Waals surface area contributed by atoms with E-state index in [0.29, 0.717) is 63.4 Å². The van der Waals surface area contributed by atoms with Gasteiger partial charge in [-0.3, -0.25) is 43.5 Å². The molecule has 2 saturated heterocycles. The van der Waals surface area contributed by atoms with Gasteiger partial charge in [-0.15, -0.1) is 0 Å². The molecule has 4 aliphatic rings. The van der Waals surface area contributed by atoms with Gasteiger partial charge >= 0.3 is 5.97 Å². The number of phenols is 1. The van der Waals surface area contributed by atoms with Gasteiger partial charge in [-0.05, 0) is 134 Å². The third-order valence-corrected chi connectivity index (χ3v) is 15.5. The number of amides is 6. The molecule has 6 aromatic rings. The van der Waals surface area contributed by atoms with Crippen molar-refractivity contribution in [2.45, 2.75) is 49.6 Å². The number of carbonyl (C=O) groups is 7. The van der Waals surface area contributed by atoms with Gasteiger partial charge in [-0.25, -0.2) is 22.4 Å². The van der Waals surface area contributed by atoms with E-state index in [9.17, 15) is 76.7 Å². The number of carboxylic acids is 1. The first-order chi connectivity index (χ1) is 45.0. The number of alkyl halides is 4. The van der Waals surface area contributed by atoms with Crippen LogP contribution in [0.2, 0.25) is 0 Å². The van der Waals surface area contributed by atoms with Crippen molar-refractivity contribution >= 4 is 52.4 Å². The molecule has 5 N–H and O–H groups in total. The number of benzene rings is 5. The molecule has 2 atom stereocenters. The van der Waals surface area contributed by atoms with Crippen LogP contribution in [0.15, 0.2) is 149 Å². The number of likely N-dealkylation sites (tertiary alicyclic amines) is 2. The summed E-state index contributed by atoms with van der Waals surface area (Å²) in [6, 6.07) is 32.1. The second-order valence-corrected chi connectivity index (χ2v) is 22.1. The summed E-state index contributed by atoms with van der Waals surface area (Å²) in [5.41, 5.74) is 2.51. The number of aromatic carboxylic acids is 1. The van der Waals surface area contributed by atoms with Crippen LogP contribution < -0.4 is 30.9 Å². The molecule has 0 saturated carbocycles. The van der Waals surface area contributed by atoms with E-state index in [2.05, 4.69) is 25.9 Å². The molecule has 23 nitrogen and oxygen atoms in total.